The number of benzene rings is 2. The first kappa shape index (κ1) is 17.8. The molecule has 0 aromatic heterocycles. The molecule has 8 nitrogen and oxygen atoms in total. The van der Waals surface area contributed by atoms with E-state index in [1.54, 1.807) is 49.4 Å². The fraction of sp³-hybridized carbons (Fsp3) is 0.250. The number of methoxy groups -OCH3 is 1. The highest BCUT2D eigenvalue weighted by atomic mass is 16.7. The van der Waals surface area contributed by atoms with Crippen molar-refractivity contribution in [3.8, 4) is 11.5 Å². The third-order valence-electron chi connectivity index (χ3n) is 4.94. The number of rotatable bonds is 4. The fourth-order valence-corrected chi connectivity index (χ4v) is 3.29. The molecule has 0 radical (unpaired) electrons. The van der Waals surface area contributed by atoms with Crippen LogP contribution in [0.4, 0.5) is 4.79 Å². The summed E-state index contributed by atoms with van der Waals surface area (Å²) in [4.78, 5) is 38.2. The predicted octanol–water partition coefficient (Wildman–Crippen LogP) is 2.17. The van der Waals surface area contributed by atoms with Gasteiger partial charge in [0.1, 0.15) is 5.54 Å². The van der Waals surface area contributed by atoms with Crippen LogP contribution >= 0.6 is 0 Å². The van der Waals surface area contributed by atoms with Gasteiger partial charge in [0.2, 0.25) is 6.79 Å². The molecule has 0 unspecified atom stereocenters. The number of hydrogen-bond donors (Lipinski definition) is 1. The van der Waals surface area contributed by atoms with Gasteiger partial charge in [-0.05, 0) is 42.3 Å². The van der Waals surface area contributed by atoms with Crippen LogP contribution in [-0.4, -0.2) is 36.7 Å². The number of hydrogen-bond acceptors (Lipinski definition) is 6. The normalized spacial score (nSPS) is 20.3. The number of nitrogens with zero attached hydrogens (tertiary/aromatic N) is 1. The van der Waals surface area contributed by atoms with Crippen molar-refractivity contribution in [2.45, 2.75) is 19.0 Å². The van der Waals surface area contributed by atoms with Gasteiger partial charge in [-0.25, -0.2) is 9.59 Å². The Hall–Kier alpha value is -3.55. The van der Waals surface area contributed by atoms with E-state index in [2.05, 4.69) is 10.1 Å². The van der Waals surface area contributed by atoms with E-state index in [0.29, 0.717) is 28.2 Å². The number of imide groups is 1. The van der Waals surface area contributed by atoms with E-state index in [1.165, 1.54) is 7.11 Å². The predicted molar refractivity (Wildman–Crippen MR) is 96.8 cm³/mol. The second-order valence-electron chi connectivity index (χ2n) is 6.70. The number of carbonyl (C=O) groups excluding carboxylic acids is 3. The van der Waals surface area contributed by atoms with E-state index in [0.717, 1.165) is 4.90 Å². The zero-order valence-corrected chi connectivity index (χ0v) is 15.4. The molecule has 0 aliphatic carbocycles. The number of amides is 3. The Bertz CT molecular complexity index is 971. The topological polar surface area (TPSA) is 94.2 Å². The smallest absolute Gasteiger partial charge is 0.337 e. The van der Waals surface area contributed by atoms with Crippen molar-refractivity contribution in [1.29, 1.82) is 0 Å². The molecule has 1 atom stereocenters. The number of urea groups is 1. The molecule has 2 aromatic carbocycles. The van der Waals surface area contributed by atoms with Crippen LogP contribution in [0, 0.1) is 0 Å². The minimum atomic E-state index is -1.20. The van der Waals surface area contributed by atoms with Crippen molar-refractivity contribution in [2.75, 3.05) is 13.9 Å². The summed E-state index contributed by atoms with van der Waals surface area (Å²) in [5, 5.41) is 2.76. The largest absolute Gasteiger partial charge is 0.465 e. The Morgan fingerprint density at radius 3 is 2.57 bits per heavy atom. The monoisotopic (exact) mass is 382 g/mol. The second kappa shape index (κ2) is 6.56. The zero-order chi connectivity index (χ0) is 19.9. The fourth-order valence-electron chi connectivity index (χ4n) is 3.29. The van der Waals surface area contributed by atoms with E-state index in [-0.39, 0.29) is 19.2 Å². The van der Waals surface area contributed by atoms with Crippen molar-refractivity contribution in [3.63, 3.8) is 0 Å². The molecule has 2 aromatic rings. The Labute approximate surface area is 161 Å². The molecular weight excluding hydrogens is 364 g/mol. The van der Waals surface area contributed by atoms with Crippen LogP contribution in [-0.2, 0) is 21.6 Å². The number of nitrogens with one attached hydrogen (secondary N) is 1. The highest BCUT2D eigenvalue weighted by molar-refractivity contribution is 6.07. The molecule has 28 heavy (non-hydrogen) atoms. The number of fused-ring (bicyclic) bond motifs is 1. The van der Waals surface area contributed by atoms with Gasteiger partial charge in [0.15, 0.2) is 11.5 Å². The zero-order valence-electron chi connectivity index (χ0n) is 15.4. The molecule has 2 aliphatic rings. The molecule has 0 spiro atoms. The SMILES string of the molecule is COC(=O)c1ccc(CN2C(=O)N[C@@](C)(c3ccc4c(c3)OCO4)C2=O)cc1. The van der Waals surface area contributed by atoms with Gasteiger partial charge in [0.05, 0.1) is 19.2 Å². The maximum atomic E-state index is 13.1. The van der Waals surface area contributed by atoms with Crippen molar-refractivity contribution in [2.24, 2.45) is 0 Å². The van der Waals surface area contributed by atoms with Crippen LogP contribution in [0.3, 0.4) is 0 Å². The van der Waals surface area contributed by atoms with Crippen LogP contribution in [0.1, 0.15) is 28.4 Å². The Morgan fingerprint density at radius 2 is 1.86 bits per heavy atom. The molecule has 8 heteroatoms. The van der Waals surface area contributed by atoms with Crippen molar-refractivity contribution < 1.29 is 28.6 Å². The second-order valence-corrected chi connectivity index (χ2v) is 6.70. The highest BCUT2D eigenvalue weighted by Crippen LogP contribution is 2.38. The van der Waals surface area contributed by atoms with Crippen LogP contribution < -0.4 is 14.8 Å². The van der Waals surface area contributed by atoms with Crippen LogP contribution in [0.5, 0.6) is 11.5 Å². The average Bonchev–Trinajstić information content (AvgIpc) is 3.26. The molecule has 1 fully saturated rings. The minimum absolute atomic E-state index is 0.0895. The molecule has 0 saturated carbocycles. The molecule has 0 bridgehead atoms. The van der Waals surface area contributed by atoms with Gasteiger partial charge >= 0.3 is 12.0 Å². The lowest BCUT2D eigenvalue weighted by molar-refractivity contribution is -0.131. The summed E-state index contributed by atoms with van der Waals surface area (Å²) < 4.78 is 15.3. The summed E-state index contributed by atoms with van der Waals surface area (Å²) in [6.45, 7) is 1.88. The third-order valence-corrected chi connectivity index (χ3v) is 4.94. The van der Waals surface area contributed by atoms with E-state index in [9.17, 15) is 14.4 Å². The first-order valence-electron chi connectivity index (χ1n) is 8.64. The molecule has 3 amide bonds. The van der Waals surface area contributed by atoms with Crippen LogP contribution in [0.15, 0.2) is 42.5 Å². The van der Waals surface area contributed by atoms with E-state index in [4.69, 9.17) is 9.47 Å². The van der Waals surface area contributed by atoms with Gasteiger partial charge in [-0.3, -0.25) is 9.69 Å². The standard InChI is InChI=1S/C20H18N2O6/c1-20(14-7-8-15-16(9-14)28-11-27-15)18(24)22(19(25)21-20)10-12-3-5-13(6-4-12)17(23)26-2/h3-9H,10-11H2,1-2H3,(H,21,25)/t20-/m0/s1. The molecule has 1 N–H and O–H groups in total. The number of esters is 1. The average molecular weight is 382 g/mol. The molecule has 4 rings (SSSR count). The summed E-state index contributed by atoms with van der Waals surface area (Å²) in [7, 11) is 1.31. The van der Waals surface area contributed by atoms with Gasteiger partial charge in [0.25, 0.3) is 5.91 Å². The lowest BCUT2D eigenvalue weighted by atomic mass is 9.91. The van der Waals surface area contributed by atoms with Gasteiger partial charge < -0.3 is 19.5 Å². The van der Waals surface area contributed by atoms with Crippen LogP contribution in [0.2, 0.25) is 0 Å². The van der Waals surface area contributed by atoms with E-state index in [1.807, 2.05) is 0 Å². The maximum Gasteiger partial charge on any atom is 0.337 e. The van der Waals surface area contributed by atoms with E-state index >= 15 is 0 Å². The molecule has 2 heterocycles. The summed E-state index contributed by atoms with van der Waals surface area (Å²) in [6, 6.07) is 11.2. The molecule has 1 saturated heterocycles. The molecule has 2 aliphatic heterocycles. The Kier molecular flexibility index (Phi) is 4.18. The van der Waals surface area contributed by atoms with Gasteiger partial charge in [0, 0.05) is 0 Å². The summed E-state index contributed by atoms with van der Waals surface area (Å²) in [5.41, 5.74) is 0.516. The molecule has 144 valence electrons. The first-order valence-corrected chi connectivity index (χ1v) is 8.64. The summed E-state index contributed by atoms with van der Waals surface area (Å²) in [6.07, 6.45) is 0. The third kappa shape index (κ3) is 2.83. The van der Waals surface area contributed by atoms with Gasteiger partial charge in [-0.1, -0.05) is 18.2 Å². The Morgan fingerprint density at radius 1 is 1.14 bits per heavy atom. The van der Waals surface area contributed by atoms with Crippen molar-refractivity contribution >= 4 is 17.9 Å². The van der Waals surface area contributed by atoms with Gasteiger partial charge in [-0.2, -0.15) is 0 Å². The lowest BCUT2D eigenvalue weighted by Gasteiger charge is -2.22. The minimum Gasteiger partial charge on any atom is -0.465 e. The summed E-state index contributed by atoms with van der Waals surface area (Å²) in [5.74, 6) is 0.328. The van der Waals surface area contributed by atoms with Crippen molar-refractivity contribution in [3.05, 3.63) is 59.2 Å². The number of carbonyl (C=O) groups is 3. The van der Waals surface area contributed by atoms with E-state index < -0.39 is 17.5 Å². The molecular formula is C20H18N2O6. The Balaban J connectivity index is 1.56. The summed E-state index contributed by atoms with van der Waals surface area (Å²) >= 11 is 0. The highest BCUT2D eigenvalue weighted by Gasteiger charge is 2.49. The quantitative estimate of drug-likeness (QED) is 0.643. The van der Waals surface area contributed by atoms with Gasteiger partial charge in [-0.15, -0.1) is 0 Å². The number of ether oxygens (including phenoxy) is 3. The maximum absolute atomic E-state index is 13.1. The van der Waals surface area contributed by atoms with Crippen LogP contribution in [0.25, 0.3) is 0 Å². The first-order chi connectivity index (χ1) is 13.4. The lowest BCUT2D eigenvalue weighted by Crippen LogP contribution is -2.40. The van der Waals surface area contributed by atoms with Crippen molar-refractivity contribution in [1.82, 2.24) is 10.2 Å².